The molecule has 1 aliphatic rings. The summed E-state index contributed by atoms with van der Waals surface area (Å²) in [5, 5.41) is 6.11. The molecule has 98 valence electrons. The molecule has 0 saturated heterocycles. The minimum absolute atomic E-state index is 0.0153. The molecule has 1 unspecified atom stereocenters. The van der Waals surface area contributed by atoms with Gasteiger partial charge in [-0.3, -0.25) is 9.69 Å². The quantitative estimate of drug-likeness (QED) is 0.824. The molecule has 0 aromatic heterocycles. The van der Waals surface area contributed by atoms with E-state index >= 15 is 0 Å². The van der Waals surface area contributed by atoms with Gasteiger partial charge in [0.25, 0.3) is 5.91 Å². The minimum Gasteiger partial charge on any atom is -0.479 e. The molecule has 1 aromatic carbocycles. The van der Waals surface area contributed by atoms with Crippen LogP contribution in [0, 0.1) is 0 Å². The zero-order valence-corrected chi connectivity index (χ0v) is 11.0. The molecule has 2 N–H and O–H groups in total. The van der Waals surface area contributed by atoms with Crippen molar-refractivity contribution in [1.82, 2.24) is 10.6 Å². The molecule has 0 saturated carbocycles. The first kappa shape index (κ1) is 12.9. The Morgan fingerprint density at radius 1 is 1.33 bits per heavy atom. The van der Waals surface area contributed by atoms with E-state index in [1.54, 1.807) is 11.8 Å². The van der Waals surface area contributed by atoms with Crippen LogP contribution in [0.15, 0.2) is 18.2 Å². The molecular formula is C13H19N3O2. The monoisotopic (exact) mass is 249 g/mol. The van der Waals surface area contributed by atoms with E-state index in [-0.39, 0.29) is 5.91 Å². The van der Waals surface area contributed by atoms with E-state index in [9.17, 15) is 4.79 Å². The molecular weight excluding hydrogens is 230 g/mol. The summed E-state index contributed by atoms with van der Waals surface area (Å²) < 4.78 is 5.61. The van der Waals surface area contributed by atoms with Crippen molar-refractivity contribution in [1.29, 1.82) is 0 Å². The normalized spacial score (nSPS) is 18.5. The Balaban J connectivity index is 2.38. The van der Waals surface area contributed by atoms with E-state index in [1.807, 2.05) is 32.3 Å². The van der Waals surface area contributed by atoms with Gasteiger partial charge >= 0.3 is 0 Å². The molecule has 1 aromatic rings. The second-order valence-electron chi connectivity index (χ2n) is 4.37. The lowest BCUT2D eigenvalue weighted by Crippen LogP contribution is -2.47. The van der Waals surface area contributed by atoms with E-state index in [1.165, 1.54) is 0 Å². The Morgan fingerprint density at radius 3 is 2.78 bits per heavy atom. The molecule has 18 heavy (non-hydrogen) atoms. The number of nitrogens with one attached hydrogen (secondary N) is 2. The van der Waals surface area contributed by atoms with E-state index in [2.05, 4.69) is 10.6 Å². The van der Waals surface area contributed by atoms with Gasteiger partial charge in [0.05, 0.1) is 12.4 Å². The smallest absolute Gasteiger partial charge is 0.268 e. The van der Waals surface area contributed by atoms with Crippen molar-refractivity contribution in [2.45, 2.75) is 19.6 Å². The first-order valence-corrected chi connectivity index (χ1v) is 6.07. The van der Waals surface area contributed by atoms with Crippen LogP contribution in [0.3, 0.4) is 0 Å². The van der Waals surface area contributed by atoms with Crippen LogP contribution >= 0.6 is 0 Å². The van der Waals surface area contributed by atoms with Gasteiger partial charge in [-0.2, -0.15) is 0 Å². The van der Waals surface area contributed by atoms with Crippen LogP contribution in [0.4, 0.5) is 5.69 Å². The van der Waals surface area contributed by atoms with Gasteiger partial charge in [-0.1, -0.05) is 6.07 Å². The van der Waals surface area contributed by atoms with Crippen molar-refractivity contribution in [3.63, 3.8) is 0 Å². The topological polar surface area (TPSA) is 53.6 Å². The highest BCUT2D eigenvalue weighted by atomic mass is 16.5. The number of hydrogen-bond donors (Lipinski definition) is 2. The fourth-order valence-corrected chi connectivity index (χ4v) is 2.09. The third-order valence-corrected chi connectivity index (χ3v) is 2.93. The number of benzene rings is 1. The van der Waals surface area contributed by atoms with Gasteiger partial charge < -0.3 is 15.4 Å². The summed E-state index contributed by atoms with van der Waals surface area (Å²) in [6, 6.07) is 5.93. The summed E-state index contributed by atoms with van der Waals surface area (Å²) in [5.41, 5.74) is 1.96. The lowest BCUT2D eigenvalue weighted by Gasteiger charge is -2.33. The number of ether oxygens (including phenoxy) is 1. The van der Waals surface area contributed by atoms with Crippen LogP contribution in [0.25, 0.3) is 0 Å². The fourth-order valence-electron chi connectivity index (χ4n) is 2.09. The molecule has 1 atom stereocenters. The standard InChI is InChI=1S/C13H19N3O2/c1-9-13(17)16(8-15-3)11-6-10(7-14-2)4-5-12(11)18-9/h4-6,9,14-15H,7-8H2,1-3H3. The van der Waals surface area contributed by atoms with Gasteiger partial charge in [-0.05, 0) is 38.7 Å². The Hall–Kier alpha value is -1.59. The Bertz CT molecular complexity index is 448. The molecule has 0 bridgehead atoms. The lowest BCUT2D eigenvalue weighted by molar-refractivity contribution is -0.125. The number of rotatable bonds is 4. The predicted molar refractivity (Wildman–Crippen MR) is 70.7 cm³/mol. The van der Waals surface area contributed by atoms with Crippen molar-refractivity contribution in [2.24, 2.45) is 0 Å². The zero-order chi connectivity index (χ0) is 13.1. The number of carbonyl (C=O) groups excluding carboxylic acids is 1. The van der Waals surface area contributed by atoms with Crippen LogP contribution < -0.4 is 20.3 Å². The number of carbonyl (C=O) groups is 1. The summed E-state index contributed by atoms with van der Waals surface area (Å²) in [6.45, 7) is 3.03. The van der Waals surface area contributed by atoms with E-state index in [0.29, 0.717) is 6.67 Å². The van der Waals surface area contributed by atoms with Gasteiger partial charge in [0.1, 0.15) is 5.75 Å². The average Bonchev–Trinajstić information content (AvgIpc) is 2.36. The molecule has 2 rings (SSSR count). The number of nitrogens with zero attached hydrogens (tertiary/aromatic N) is 1. The maximum absolute atomic E-state index is 12.1. The van der Waals surface area contributed by atoms with Crippen LogP contribution in [-0.2, 0) is 11.3 Å². The average molecular weight is 249 g/mol. The number of amides is 1. The maximum Gasteiger partial charge on any atom is 0.268 e. The highest BCUT2D eigenvalue weighted by Crippen LogP contribution is 2.34. The van der Waals surface area contributed by atoms with Gasteiger partial charge in [0.15, 0.2) is 6.10 Å². The van der Waals surface area contributed by atoms with Crippen molar-refractivity contribution < 1.29 is 9.53 Å². The molecule has 1 heterocycles. The Morgan fingerprint density at radius 2 is 2.11 bits per heavy atom. The molecule has 1 aliphatic heterocycles. The summed E-state index contributed by atoms with van der Waals surface area (Å²) in [5.74, 6) is 0.746. The molecule has 5 nitrogen and oxygen atoms in total. The third kappa shape index (κ3) is 2.32. The van der Waals surface area contributed by atoms with Gasteiger partial charge in [-0.25, -0.2) is 0 Å². The van der Waals surface area contributed by atoms with Crippen LogP contribution in [0.5, 0.6) is 5.75 Å². The lowest BCUT2D eigenvalue weighted by atomic mass is 10.1. The molecule has 0 spiro atoms. The first-order valence-electron chi connectivity index (χ1n) is 6.07. The van der Waals surface area contributed by atoms with E-state index < -0.39 is 6.10 Å². The highest BCUT2D eigenvalue weighted by Gasteiger charge is 2.30. The van der Waals surface area contributed by atoms with E-state index in [0.717, 1.165) is 23.5 Å². The van der Waals surface area contributed by atoms with Gasteiger partial charge in [0, 0.05) is 6.54 Å². The largest absolute Gasteiger partial charge is 0.479 e. The summed E-state index contributed by atoms with van der Waals surface area (Å²) >= 11 is 0. The van der Waals surface area contributed by atoms with E-state index in [4.69, 9.17) is 4.74 Å². The van der Waals surface area contributed by atoms with Gasteiger partial charge in [0.2, 0.25) is 0 Å². The number of hydrogen-bond acceptors (Lipinski definition) is 4. The fraction of sp³-hybridized carbons (Fsp3) is 0.462. The maximum atomic E-state index is 12.1. The number of fused-ring (bicyclic) bond motifs is 1. The molecule has 1 amide bonds. The minimum atomic E-state index is -0.430. The summed E-state index contributed by atoms with van der Waals surface area (Å²) in [6.07, 6.45) is -0.430. The SMILES string of the molecule is CNCc1ccc2c(c1)N(CNC)C(=O)C(C)O2. The summed E-state index contributed by atoms with van der Waals surface area (Å²) in [4.78, 5) is 13.8. The first-order chi connectivity index (χ1) is 8.67. The highest BCUT2D eigenvalue weighted by molar-refractivity contribution is 5.99. The Labute approximate surface area is 107 Å². The third-order valence-electron chi connectivity index (χ3n) is 2.93. The second-order valence-corrected chi connectivity index (χ2v) is 4.37. The molecule has 0 radical (unpaired) electrons. The molecule has 0 aliphatic carbocycles. The molecule has 0 fully saturated rings. The van der Waals surface area contributed by atoms with Crippen molar-refractivity contribution in [3.05, 3.63) is 23.8 Å². The zero-order valence-electron chi connectivity index (χ0n) is 11.0. The second kappa shape index (κ2) is 5.37. The van der Waals surface area contributed by atoms with Crippen molar-refractivity contribution in [3.8, 4) is 5.75 Å². The van der Waals surface area contributed by atoms with Crippen LogP contribution in [-0.4, -0.2) is 32.8 Å². The van der Waals surface area contributed by atoms with Crippen molar-refractivity contribution in [2.75, 3.05) is 25.7 Å². The van der Waals surface area contributed by atoms with Crippen LogP contribution in [0.2, 0.25) is 0 Å². The van der Waals surface area contributed by atoms with Crippen LogP contribution in [0.1, 0.15) is 12.5 Å². The Kier molecular flexibility index (Phi) is 3.84. The number of anilines is 1. The summed E-state index contributed by atoms with van der Waals surface area (Å²) in [7, 11) is 3.72. The van der Waals surface area contributed by atoms with Gasteiger partial charge in [-0.15, -0.1) is 0 Å². The predicted octanol–water partition coefficient (Wildman–Crippen LogP) is 0.697. The molecule has 5 heteroatoms. The van der Waals surface area contributed by atoms with Crippen molar-refractivity contribution >= 4 is 11.6 Å².